The van der Waals surface area contributed by atoms with Crippen molar-refractivity contribution in [2.24, 2.45) is 15.4 Å². The highest BCUT2D eigenvalue weighted by Crippen LogP contribution is 1.83. The van der Waals surface area contributed by atoms with Gasteiger partial charge in [0.15, 0.2) is 0 Å². The summed E-state index contributed by atoms with van der Waals surface area (Å²) in [7, 11) is 0. The molecule has 0 radical (unpaired) electrons. The third kappa shape index (κ3) is 3.31. The van der Waals surface area contributed by atoms with Crippen molar-refractivity contribution < 1.29 is 4.79 Å². The highest BCUT2D eigenvalue weighted by atomic mass is 16.2. The van der Waals surface area contributed by atoms with Crippen LogP contribution in [0.1, 0.15) is 0 Å². The number of hydrogen-bond donors (Lipinski definition) is 0. The van der Waals surface area contributed by atoms with Gasteiger partial charge in [-0.05, 0) is 17.4 Å². The molecule has 0 spiro atoms. The minimum atomic E-state index is -0.380. The summed E-state index contributed by atoms with van der Waals surface area (Å²) in [5.41, 5.74) is 0. The lowest BCUT2D eigenvalue weighted by molar-refractivity contribution is -0.111. The van der Waals surface area contributed by atoms with Crippen molar-refractivity contribution in [3.8, 4) is 0 Å². The van der Waals surface area contributed by atoms with Crippen LogP contribution in [0.3, 0.4) is 0 Å². The molecule has 5 heteroatoms. The van der Waals surface area contributed by atoms with Gasteiger partial charge in [-0.1, -0.05) is 11.2 Å². The molecule has 1 amide bonds. The summed E-state index contributed by atoms with van der Waals surface area (Å²) in [6.07, 6.45) is 4.56. The van der Waals surface area contributed by atoms with E-state index in [2.05, 4.69) is 20.4 Å². The molecule has 60 valence electrons. The molecular formula is C7H6N4O. The van der Waals surface area contributed by atoms with Crippen molar-refractivity contribution in [1.82, 2.24) is 4.98 Å². The molecule has 1 aliphatic heterocycles. The van der Waals surface area contributed by atoms with E-state index in [0.717, 1.165) is 6.21 Å². The van der Waals surface area contributed by atoms with E-state index in [1.165, 1.54) is 0 Å². The van der Waals surface area contributed by atoms with Gasteiger partial charge in [-0.2, -0.15) is 0 Å². The summed E-state index contributed by atoms with van der Waals surface area (Å²) in [6.45, 7) is 0. The first-order valence-corrected chi connectivity index (χ1v) is 3.22. The summed E-state index contributed by atoms with van der Waals surface area (Å²) in [6, 6.07) is 5.72. The van der Waals surface area contributed by atoms with Crippen molar-refractivity contribution in [2.75, 3.05) is 0 Å². The van der Waals surface area contributed by atoms with E-state index in [0.29, 0.717) is 0 Å². The van der Waals surface area contributed by atoms with Crippen LogP contribution in [-0.4, -0.2) is 17.1 Å². The molecule has 0 N–H and O–H groups in total. The van der Waals surface area contributed by atoms with Gasteiger partial charge >= 0.3 is 5.91 Å². The smallest absolute Gasteiger partial charge is 0.265 e. The SMILES string of the molecule is O=C1C=NN=N1.c1ccncc1. The van der Waals surface area contributed by atoms with Crippen LogP contribution < -0.4 is 0 Å². The number of hydrogen-bond acceptors (Lipinski definition) is 4. The van der Waals surface area contributed by atoms with E-state index in [4.69, 9.17) is 0 Å². The summed E-state index contributed by atoms with van der Waals surface area (Å²) >= 11 is 0. The molecule has 1 aromatic rings. The Kier molecular flexibility index (Phi) is 3.30. The fourth-order valence-electron chi connectivity index (χ4n) is 0.484. The zero-order valence-electron chi connectivity index (χ0n) is 6.16. The minimum Gasteiger partial charge on any atom is -0.265 e. The van der Waals surface area contributed by atoms with Crippen molar-refractivity contribution in [3.05, 3.63) is 30.6 Å². The molecule has 0 atom stereocenters. The van der Waals surface area contributed by atoms with Crippen LogP contribution in [0.25, 0.3) is 0 Å². The van der Waals surface area contributed by atoms with Crippen LogP contribution in [0.4, 0.5) is 0 Å². The molecule has 0 aromatic carbocycles. The lowest BCUT2D eigenvalue weighted by Gasteiger charge is -1.70. The number of carbonyl (C=O) groups is 1. The van der Waals surface area contributed by atoms with Crippen molar-refractivity contribution >= 4 is 12.1 Å². The van der Waals surface area contributed by atoms with Gasteiger partial charge in [0.1, 0.15) is 6.21 Å². The van der Waals surface area contributed by atoms with Gasteiger partial charge in [-0.25, -0.2) is 0 Å². The Morgan fingerprint density at radius 2 is 1.83 bits per heavy atom. The monoisotopic (exact) mass is 162 g/mol. The van der Waals surface area contributed by atoms with E-state index >= 15 is 0 Å². The van der Waals surface area contributed by atoms with Crippen LogP contribution in [0.5, 0.6) is 0 Å². The second-order valence-corrected chi connectivity index (χ2v) is 1.80. The van der Waals surface area contributed by atoms with Gasteiger partial charge in [-0.15, -0.1) is 5.10 Å². The largest absolute Gasteiger partial charge is 0.310 e. The number of rotatable bonds is 0. The number of carbonyl (C=O) groups excluding carboxylic acids is 1. The molecule has 0 aliphatic carbocycles. The number of nitrogens with zero attached hydrogens (tertiary/aromatic N) is 4. The fourth-order valence-corrected chi connectivity index (χ4v) is 0.484. The fraction of sp³-hybridized carbons (Fsp3) is 0. The Bertz CT molecular complexity index is 253. The topological polar surface area (TPSA) is 67.0 Å². The Balaban J connectivity index is 0.000000120. The van der Waals surface area contributed by atoms with Crippen LogP contribution in [0, 0.1) is 0 Å². The second kappa shape index (κ2) is 4.84. The molecule has 0 saturated carbocycles. The minimum absolute atomic E-state index is 0.380. The average Bonchev–Trinajstić information content (AvgIpc) is 2.60. The third-order valence-electron chi connectivity index (χ3n) is 0.930. The van der Waals surface area contributed by atoms with E-state index < -0.39 is 0 Å². The summed E-state index contributed by atoms with van der Waals surface area (Å²) in [5, 5.41) is 9.16. The molecule has 0 bridgehead atoms. The third-order valence-corrected chi connectivity index (χ3v) is 0.930. The van der Waals surface area contributed by atoms with Crippen molar-refractivity contribution in [3.63, 3.8) is 0 Å². The van der Waals surface area contributed by atoms with Gasteiger partial charge in [-0.3, -0.25) is 9.78 Å². The lowest BCUT2D eigenvalue weighted by Crippen LogP contribution is -1.84. The molecule has 1 aliphatic rings. The number of aromatic nitrogens is 1. The maximum Gasteiger partial charge on any atom is 0.310 e. The first-order chi connectivity index (χ1) is 5.89. The summed E-state index contributed by atoms with van der Waals surface area (Å²) < 4.78 is 0. The molecule has 2 heterocycles. The van der Waals surface area contributed by atoms with Gasteiger partial charge in [0.25, 0.3) is 0 Å². The van der Waals surface area contributed by atoms with Crippen LogP contribution >= 0.6 is 0 Å². The summed E-state index contributed by atoms with van der Waals surface area (Å²) in [4.78, 5) is 13.6. The maximum atomic E-state index is 9.83. The number of amides is 1. The van der Waals surface area contributed by atoms with Crippen LogP contribution in [-0.2, 0) is 4.79 Å². The second-order valence-electron chi connectivity index (χ2n) is 1.80. The van der Waals surface area contributed by atoms with E-state index in [1.54, 1.807) is 12.4 Å². The highest BCUT2D eigenvalue weighted by molar-refractivity contribution is 6.27. The molecule has 12 heavy (non-hydrogen) atoms. The van der Waals surface area contributed by atoms with Gasteiger partial charge < -0.3 is 0 Å². The molecule has 1 aromatic heterocycles. The molecule has 2 rings (SSSR count). The van der Waals surface area contributed by atoms with Crippen molar-refractivity contribution in [2.45, 2.75) is 0 Å². The first kappa shape index (κ1) is 8.19. The van der Waals surface area contributed by atoms with Crippen LogP contribution in [0.15, 0.2) is 46.0 Å². The van der Waals surface area contributed by atoms with Gasteiger partial charge in [0.05, 0.1) is 0 Å². The lowest BCUT2D eigenvalue weighted by atomic mass is 10.5. The van der Waals surface area contributed by atoms with E-state index in [1.807, 2.05) is 18.2 Å². The normalized spacial score (nSPS) is 12.5. The molecular weight excluding hydrogens is 156 g/mol. The Morgan fingerprint density at radius 3 is 2.00 bits per heavy atom. The zero-order valence-corrected chi connectivity index (χ0v) is 6.16. The van der Waals surface area contributed by atoms with E-state index in [9.17, 15) is 4.79 Å². The first-order valence-electron chi connectivity index (χ1n) is 3.22. The molecule has 0 fully saturated rings. The Morgan fingerprint density at radius 1 is 1.08 bits per heavy atom. The Labute approximate surface area is 68.9 Å². The quantitative estimate of drug-likeness (QED) is 0.572. The average molecular weight is 162 g/mol. The highest BCUT2D eigenvalue weighted by Gasteiger charge is 1.94. The molecule has 0 saturated heterocycles. The standard InChI is InChI=1S/C5H5N.C2HN3O/c1-2-4-6-5-3-1;6-2-1-3-5-4-2/h1-5H;1H. The van der Waals surface area contributed by atoms with Crippen molar-refractivity contribution in [1.29, 1.82) is 0 Å². The number of pyridine rings is 1. The maximum absolute atomic E-state index is 9.83. The van der Waals surface area contributed by atoms with Crippen LogP contribution in [0.2, 0.25) is 0 Å². The van der Waals surface area contributed by atoms with Gasteiger partial charge in [0, 0.05) is 12.4 Å². The predicted octanol–water partition coefficient (Wildman–Crippen LogP) is 1.05. The molecule has 0 unspecified atom stereocenters. The zero-order chi connectivity index (χ0) is 8.65. The predicted molar refractivity (Wildman–Crippen MR) is 42.6 cm³/mol. The Hall–Kier alpha value is -1.91. The molecule has 5 nitrogen and oxygen atoms in total. The summed E-state index contributed by atoms with van der Waals surface area (Å²) in [5.74, 6) is -0.380. The van der Waals surface area contributed by atoms with Gasteiger partial charge in [0.2, 0.25) is 0 Å². The van der Waals surface area contributed by atoms with E-state index in [-0.39, 0.29) is 5.91 Å².